The number of halogens is 1. The molecule has 1 amide bonds. The molecule has 0 bridgehead atoms. The molecular formula is C28H23BrN2O3. The minimum atomic E-state index is -0.491. The normalized spacial score (nSPS) is 14.7. The zero-order valence-corrected chi connectivity index (χ0v) is 20.2. The quantitative estimate of drug-likeness (QED) is 0.298. The lowest BCUT2D eigenvalue weighted by molar-refractivity contribution is -0.118. The first-order valence-corrected chi connectivity index (χ1v) is 11.8. The highest BCUT2D eigenvalue weighted by Gasteiger charge is 2.38. The van der Waals surface area contributed by atoms with Crippen molar-refractivity contribution in [2.45, 2.75) is 19.1 Å². The number of pyridine rings is 1. The van der Waals surface area contributed by atoms with Crippen LogP contribution < -0.4 is 14.4 Å². The first-order chi connectivity index (χ1) is 16.6. The Balaban J connectivity index is 1.49. The highest BCUT2D eigenvalue weighted by molar-refractivity contribution is 9.10. The number of amides is 1. The third-order valence-corrected chi connectivity index (χ3v) is 6.36. The van der Waals surface area contributed by atoms with Gasteiger partial charge in [-0.25, -0.2) is 0 Å². The summed E-state index contributed by atoms with van der Waals surface area (Å²) >= 11 is 3.51. The van der Waals surface area contributed by atoms with Crippen LogP contribution in [-0.2, 0) is 18.0 Å². The van der Waals surface area contributed by atoms with Crippen molar-refractivity contribution in [2.75, 3.05) is 11.9 Å². The molecule has 5 nitrogen and oxygen atoms in total. The van der Waals surface area contributed by atoms with Crippen molar-refractivity contribution in [1.82, 2.24) is 4.98 Å². The van der Waals surface area contributed by atoms with Gasteiger partial charge < -0.3 is 14.4 Å². The maximum atomic E-state index is 13.3. The zero-order chi connectivity index (χ0) is 23.5. The Morgan fingerprint density at radius 2 is 1.44 bits per heavy atom. The van der Waals surface area contributed by atoms with Gasteiger partial charge in [-0.05, 0) is 34.9 Å². The van der Waals surface area contributed by atoms with Crippen molar-refractivity contribution in [3.8, 4) is 11.8 Å². The SMILES string of the molecule is CN1C(=O)C(c2ccc(OCc3ccccc3)nc2OCc2ccccc2)c2ccc(Br)cc21. The molecule has 4 aromatic rings. The summed E-state index contributed by atoms with van der Waals surface area (Å²) in [5.41, 5.74) is 4.60. The Morgan fingerprint density at radius 1 is 0.824 bits per heavy atom. The summed E-state index contributed by atoms with van der Waals surface area (Å²) in [5, 5.41) is 0. The molecule has 1 aromatic heterocycles. The van der Waals surface area contributed by atoms with Gasteiger partial charge in [-0.3, -0.25) is 4.79 Å². The molecule has 0 saturated heterocycles. The Bertz CT molecular complexity index is 1310. The number of rotatable bonds is 7. The molecule has 34 heavy (non-hydrogen) atoms. The fourth-order valence-corrected chi connectivity index (χ4v) is 4.45. The fourth-order valence-electron chi connectivity index (χ4n) is 4.10. The third kappa shape index (κ3) is 4.54. The number of likely N-dealkylation sites (N-methyl/N-ethyl adjacent to an activating group) is 1. The van der Waals surface area contributed by atoms with Crippen molar-refractivity contribution < 1.29 is 14.3 Å². The van der Waals surface area contributed by atoms with E-state index in [1.807, 2.05) is 84.9 Å². The van der Waals surface area contributed by atoms with E-state index in [0.717, 1.165) is 32.4 Å². The van der Waals surface area contributed by atoms with Crippen LogP contribution in [0.2, 0.25) is 0 Å². The van der Waals surface area contributed by atoms with Crippen LogP contribution in [-0.4, -0.2) is 17.9 Å². The fraction of sp³-hybridized carbons (Fsp3) is 0.143. The molecule has 0 saturated carbocycles. The lowest BCUT2D eigenvalue weighted by Gasteiger charge is -2.17. The van der Waals surface area contributed by atoms with Crippen molar-refractivity contribution in [3.05, 3.63) is 118 Å². The molecule has 5 rings (SSSR count). The van der Waals surface area contributed by atoms with E-state index in [9.17, 15) is 4.79 Å². The number of hydrogen-bond acceptors (Lipinski definition) is 4. The van der Waals surface area contributed by atoms with E-state index in [1.165, 1.54) is 0 Å². The smallest absolute Gasteiger partial charge is 0.239 e. The minimum absolute atomic E-state index is 0.0163. The molecule has 0 fully saturated rings. The molecule has 170 valence electrons. The van der Waals surface area contributed by atoms with Gasteiger partial charge in [0.1, 0.15) is 13.2 Å². The van der Waals surface area contributed by atoms with Crippen molar-refractivity contribution in [3.63, 3.8) is 0 Å². The standard InChI is InChI=1S/C28H23BrN2O3/c1-31-24-16-21(29)12-13-22(24)26(28(31)32)23-14-15-25(33-17-19-8-4-2-5-9-19)30-27(23)34-18-20-10-6-3-7-11-20/h2-16,26H,17-18H2,1H3. The van der Waals surface area contributed by atoms with Crippen LogP contribution in [0.25, 0.3) is 0 Å². The molecule has 0 spiro atoms. The summed E-state index contributed by atoms with van der Waals surface area (Å²) in [5.74, 6) is 0.342. The summed E-state index contributed by atoms with van der Waals surface area (Å²) in [7, 11) is 1.79. The maximum Gasteiger partial charge on any atom is 0.239 e. The molecule has 0 aliphatic carbocycles. The molecule has 0 N–H and O–H groups in total. The molecular weight excluding hydrogens is 492 g/mol. The van der Waals surface area contributed by atoms with Crippen LogP contribution in [0.5, 0.6) is 11.8 Å². The van der Waals surface area contributed by atoms with Gasteiger partial charge in [0.25, 0.3) is 0 Å². The molecule has 1 aliphatic heterocycles. The number of ether oxygens (including phenoxy) is 2. The molecule has 1 aliphatic rings. The van der Waals surface area contributed by atoms with Crippen LogP contribution in [0.3, 0.4) is 0 Å². The van der Waals surface area contributed by atoms with E-state index in [4.69, 9.17) is 9.47 Å². The average Bonchev–Trinajstić information content (AvgIpc) is 3.12. The van der Waals surface area contributed by atoms with Crippen LogP contribution in [0.1, 0.15) is 28.2 Å². The van der Waals surface area contributed by atoms with Gasteiger partial charge in [0.05, 0.1) is 5.92 Å². The summed E-state index contributed by atoms with van der Waals surface area (Å²) in [4.78, 5) is 19.7. The molecule has 1 atom stereocenters. The van der Waals surface area contributed by atoms with Gasteiger partial charge in [-0.15, -0.1) is 0 Å². The lowest BCUT2D eigenvalue weighted by atomic mass is 9.93. The number of nitrogens with zero attached hydrogens (tertiary/aromatic N) is 2. The Morgan fingerprint density at radius 3 is 2.12 bits per heavy atom. The van der Waals surface area contributed by atoms with E-state index in [1.54, 1.807) is 18.0 Å². The second-order valence-electron chi connectivity index (χ2n) is 8.13. The monoisotopic (exact) mass is 514 g/mol. The first-order valence-electron chi connectivity index (χ1n) is 11.0. The van der Waals surface area contributed by atoms with Crippen LogP contribution >= 0.6 is 15.9 Å². The number of anilines is 1. The number of carbonyl (C=O) groups is 1. The lowest BCUT2D eigenvalue weighted by Crippen LogP contribution is -2.25. The number of aromatic nitrogens is 1. The Labute approximate surface area is 207 Å². The first kappa shape index (κ1) is 22.2. The second-order valence-corrected chi connectivity index (χ2v) is 9.04. The summed E-state index contributed by atoms with van der Waals surface area (Å²) in [6.07, 6.45) is 0. The predicted molar refractivity (Wildman–Crippen MR) is 135 cm³/mol. The van der Waals surface area contributed by atoms with E-state index in [0.29, 0.717) is 25.0 Å². The van der Waals surface area contributed by atoms with E-state index in [-0.39, 0.29) is 5.91 Å². The number of fused-ring (bicyclic) bond motifs is 1. The summed E-state index contributed by atoms with van der Waals surface area (Å²) in [6, 6.07) is 29.4. The topological polar surface area (TPSA) is 51.7 Å². The van der Waals surface area contributed by atoms with Gasteiger partial charge in [0, 0.05) is 28.8 Å². The average molecular weight is 515 g/mol. The largest absolute Gasteiger partial charge is 0.473 e. The molecule has 0 radical (unpaired) electrons. The van der Waals surface area contributed by atoms with Crippen molar-refractivity contribution in [1.29, 1.82) is 0 Å². The number of carbonyl (C=O) groups excluding carboxylic acids is 1. The van der Waals surface area contributed by atoms with Crippen molar-refractivity contribution in [2.24, 2.45) is 0 Å². The van der Waals surface area contributed by atoms with Gasteiger partial charge in [0.15, 0.2) is 0 Å². The van der Waals surface area contributed by atoms with Crippen molar-refractivity contribution >= 4 is 27.5 Å². The molecule has 6 heteroatoms. The number of benzene rings is 3. The Kier molecular flexibility index (Phi) is 6.32. The number of hydrogen-bond donors (Lipinski definition) is 0. The van der Waals surface area contributed by atoms with Crippen LogP contribution in [0.15, 0.2) is 95.5 Å². The molecule has 1 unspecified atom stereocenters. The molecule has 3 aromatic carbocycles. The second kappa shape index (κ2) is 9.69. The third-order valence-electron chi connectivity index (χ3n) is 5.87. The highest BCUT2D eigenvalue weighted by atomic mass is 79.9. The highest BCUT2D eigenvalue weighted by Crippen LogP contribution is 2.44. The summed E-state index contributed by atoms with van der Waals surface area (Å²) in [6.45, 7) is 0.736. The zero-order valence-electron chi connectivity index (χ0n) is 18.6. The van der Waals surface area contributed by atoms with E-state index < -0.39 is 5.92 Å². The van der Waals surface area contributed by atoms with Gasteiger partial charge >= 0.3 is 0 Å². The van der Waals surface area contributed by atoms with Crippen LogP contribution in [0.4, 0.5) is 5.69 Å². The molecule has 2 heterocycles. The van der Waals surface area contributed by atoms with Gasteiger partial charge in [0.2, 0.25) is 17.7 Å². The van der Waals surface area contributed by atoms with Gasteiger partial charge in [-0.2, -0.15) is 4.98 Å². The van der Waals surface area contributed by atoms with E-state index >= 15 is 0 Å². The Hall–Kier alpha value is -3.64. The summed E-state index contributed by atoms with van der Waals surface area (Å²) < 4.78 is 13.0. The maximum absolute atomic E-state index is 13.3. The minimum Gasteiger partial charge on any atom is -0.473 e. The van der Waals surface area contributed by atoms with Crippen LogP contribution in [0, 0.1) is 0 Å². The van der Waals surface area contributed by atoms with E-state index in [2.05, 4.69) is 20.9 Å². The van der Waals surface area contributed by atoms with Gasteiger partial charge in [-0.1, -0.05) is 82.7 Å². The predicted octanol–water partition coefficient (Wildman–Crippen LogP) is 6.11.